The monoisotopic (exact) mass is 381 g/mol. The minimum absolute atomic E-state index is 0.0336. The zero-order chi connectivity index (χ0) is 19.2. The van der Waals surface area contributed by atoms with Crippen LogP contribution < -0.4 is 5.32 Å². The van der Waals surface area contributed by atoms with Crippen LogP contribution in [0.1, 0.15) is 32.4 Å². The molecule has 0 aliphatic rings. The Labute approximate surface area is 161 Å². The number of nitrogens with one attached hydrogen (secondary N) is 1. The lowest BCUT2D eigenvalue weighted by Crippen LogP contribution is -2.32. The van der Waals surface area contributed by atoms with Crippen molar-refractivity contribution in [3.05, 3.63) is 87.6 Å². The summed E-state index contributed by atoms with van der Waals surface area (Å²) in [6.45, 7) is 1.37. The van der Waals surface area contributed by atoms with E-state index >= 15 is 0 Å². The van der Waals surface area contributed by atoms with E-state index in [9.17, 15) is 14.7 Å². The molecule has 6 heteroatoms. The van der Waals surface area contributed by atoms with Gasteiger partial charge in [0.1, 0.15) is 11.3 Å². The van der Waals surface area contributed by atoms with Crippen LogP contribution in [0.15, 0.2) is 66.0 Å². The number of amides is 1. The summed E-state index contributed by atoms with van der Waals surface area (Å²) in [5, 5.41) is 14.7. The van der Waals surface area contributed by atoms with Crippen molar-refractivity contribution in [1.29, 1.82) is 0 Å². The largest absolute Gasteiger partial charge is 0.507 e. The van der Waals surface area contributed by atoms with Gasteiger partial charge in [-0.05, 0) is 41.6 Å². The van der Waals surface area contributed by atoms with Crippen molar-refractivity contribution in [3.63, 3.8) is 0 Å². The smallest absolute Gasteiger partial charge is 0.342 e. The number of hydrogen-bond donors (Lipinski definition) is 2. The number of carbonyl (C=O) groups is 2. The third-order valence-electron chi connectivity index (χ3n) is 3.97. The van der Waals surface area contributed by atoms with Crippen molar-refractivity contribution in [3.8, 4) is 5.75 Å². The average molecular weight is 381 g/mol. The van der Waals surface area contributed by atoms with Crippen molar-refractivity contribution in [2.75, 3.05) is 6.61 Å². The second kappa shape index (κ2) is 8.51. The zero-order valence-corrected chi connectivity index (χ0v) is 15.5. The summed E-state index contributed by atoms with van der Waals surface area (Å²) in [5.74, 6) is -1.33. The summed E-state index contributed by atoms with van der Waals surface area (Å²) in [7, 11) is 0. The Morgan fingerprint density at radius 2 is 1.89 bits per heavy atom. The molecule has 0 fully saturated rings. The van der Waals surface area contributed by atoms with Gasteiger partial charge in [-0.25, -0.2) is 4.79 Å². The lowest BCUT2D eigenvalue weighted by molar-refractivity contribution is -0.124. The Bertz CT molecular complexity index is 923. The van der Waals surface area contributed by atoms with Gasteiger partial charge in [0.15, 0.2) is 6.61 Å². The number of aromatic hydroxyl groups is 1. The van der Waals surface area contributed by atoms with E-state index in [1.807, 2.05) is 47.8 Å². The number of rotatable bonds is 6. The summed E-state index contributed by atoms with van der Waals surface area (Å²) in [5.41, 5.74) is 1.80. The van der Waals surface area contributed by atoms with Gasteiger partial charge in [-0.15, -0.1) is 11.3 Å². The second-order valence-corrected chi connectivity index (χ2v) is 7.00. The molecule has 3 aromatic rings. The van der Waals surface area contributed by atoms with Gasteiger partial charge in [0, 0.05) is 4.88 Å². The maximum atomic E-state index is 12.4. The highest BCUT2D eigenvalue weighted by Crippen LogP contribution is 2.26. The van der Waals surface area contributed by atoms with E-state index in [1.54, 1.807) is 13.0 Å². The van der Waals surface area contributed by atoms with Crippen LogP contribution >= 0.6 is 11.3 Å². The lowest BCUT2D eigenvalue weighted by atomic mass is 10.1. The van der Waals surface area contributed by atoms with Crippen LogP contribution in [0.25, 0.3) is 0 Å². The standard InChI is InChI=1S/C21H19NO4S/c1-14-9-10-16(17(23)12-14)21(25)26-13-19(24)22-20(18-8-5-11-27-18)15-6-3-2-4-7-15/h2-12,20,23H,13H2,1H3,(H,22,24)/t20-/m0/s1. The van der Waals surface area contributed by atoms with Gasteiger partial charge in [0.25, 0.3) is 5.91 Å². The van der Waals surface area contributed by atoms with Crippen molar-refractivity contribution in [2.24, 2.45) is 0 Å². The number of hydrogen-bond acceptors (Lipinski definition) is 5. The van der Waals surface area contributed by atoms with Crippen LogP contribution in [0.4, 0.5) is 0 Å². The molecule has 1 amide bonds. The first-order valence-electron chi connectivity index (χ1n) is 8.39. The molecule has 0 aliphatic heterocycles. The van der Waals surface area contributed by atoms with Gasteiger partial charge >= 0.3 is 5.97 Å². The van der Waals surface area contributed by atoms with Crippen molar-refractivity contribution >= 4 is 23.2 Å². The summed E-state index contributed by atoms with van der Waals surface area (Å²) < 4.78 is 5.06. The molecule has 3 rings (SSSR count). The second-order valence-electron chi connectivity index (χ2n) is 6.02. The van der Waals surface area contributed by atoms with Gasteiger partial charge in [-0.1, -0.05) is 42.5 Å². The van der Waals surface area contributed by atoms with E-state index in [-0.39, 0.29) is 17.4 Å². The Hall–Kier alpha value is -3.12. The summed E-state index contributed by atoms with van der Waals surface area (Å²) in [6, 6.07) is 17.8. The third kappa shape index (κ3) is 4.74. The SMILES string of the molecule is Cc1ccc(C(=O)OCC(=O)N[C@@H](c2ccccc2)c2cccs2)c(O)c1. The highest BCUT2D eigenvalue weighted by Gasteiger charge is 2.19. The van der Waals surface area contributed by atoms with Crippen LogP contribution in [0.3, 0.4) is 0 Å². The van der Waals surface area contributed by atoms with E-state index in [1.165, 1.54) is 23.5 Å². The Morgan fingerprint density at radius 1 is 1.11 bits per heavy atom. The normalized spacial score (nSPS) is 11.6. The minimum Gasteiger partial charge on any atom is -0.507 e. The van der Waals surface area contributed by atoms with E-state index < -0.39 is 18.5 Å². The van der Waals surface area contributed by atoms with Crippen LogP contribution in [0.5, 0.6) is 5.75 Å². The van der Waals surface area contributed by atoms with Gasteiger partial charge < -0.3 is 15.2 Å². The highest BCUT2D eigenvalue weighted by atomic mass is 32.1. The molecule has 1 aromatic heterocycles. The van der Waals surface area contributed by atoms with E-state index in [0.29, 0.717) is 0 Å². The lowest BCUT2D eigenvalue weighted by Gasteiger charge is -2.18. The molecular formula is C21H19NO4S. The molecule has 0 saturated carbocycles. The highest BCUT2D eigenvalue weighted by molar-refractivity contribution is 7.10. The molecular weight excluding hydrogens is 362 g/mol. The number of thiophene rings is 1. The minimum atomic E-state index is -0.741. The quantitative estimate of drug-likeness (QED) is 0.637. The van der Waals surface area contributed by atoms with E-state index in [0.717, 1.165) is 16.0 Å². The van der Waals surface area contributed by atoms with Gasteiger partial charge in [-0.3, -0.25) is 4.79 Å². The molecule has 0 unspecified atom stereocenters. The number of esters is 1. The Kier molecular flexibility index (Phi) is 5.88. The van der Waals surface area contributed by atoms with Crippen LogP contribution in [0, 0.1) is 6.92 Å². The van der Waals surface area contributed by atoms with Gasteiger partial charge in [0.05, 0.1) is 6.04 Å². The molecule has 0 saturated heterocycles. The summed E-state index contributed by atoms with van der Waals surface area (Å²) in [4.78, 5) is 25.4. The molecule has 2 aromatic carbocycles. The molecule has 0 radical (unpaired) electrons. The number of ether oxygens (including phenoxy) is 1. The molecule has 138 valence electrons. The molecule has 0 aliphatic carbocycles. The summed E-state index contributed by atoms with van der Waals surface area (Å²) >= 11 is 1.54. The van der Waals surface area contributed by atoms with Gasteiger partial charge in [0.2, 0.25) is 0 Å². The first kappa shape index (κ1) is 18.7. The van der Waals surface area contributed by atoms with Gasteiger partial charge in [-0.2, -0.15) is 0 Å². The third-order valence-corrected chi connectivity index (χ3v) is 4.91. The van der Waals surface area contributed by atoms with Crippen LogP contribution in [0.2, 0.25) is 0 Å². The van der Waals surface area contributed by atoms with Crippen molar-refractivity contribution in [1.82, 2.24) is 5.32 Å². The first-order chi connectivity index (χ1) is 13.0. The van der Waals surface area contributed by atoms with Crippen LogP contribution in [-0.2, 0) is 9.53 Å². The molecule has 27 heavy (non-hydrogen) atoms. The maximum absolute atomic E-state index is 12.4. The number of phenols is 1. The van der Waals surface area contributed by atoms with Crippen molar-refractivity contribution in [2.45, 2.75) is 13.0 Å². The maximum Gasteiger partial charge on any atom is 0.342 e. The number of benzene rings is 2. The number of phenolic OH excluding ortho intramolecular Hbond substituents is 1. The number of carbonyl (C=O) groups excluding carboxylic acids is 2. The Balaban J connectivity index is 1.65. The molecule has 1 atom stereocenters. The fraction of sp³-hybridized carbons (Fsp3) is 0.143. The average Bonchev–Trinajstić information content (AvgIpc) is 3.19. The van der Waals surface area contributed by atoms with E-state index in [2.05, 4.69) is 5.32 Å². The Morgan fingerprint density at radius 3 is 2.56 bits per heavy atom. The molecule has 1 heterocycles. The topological polar surface area (TPSA) is 75.6 Å². The van der Waals surface area contributed by atoms with Crippen LogP contribution in [-0.4, -0.2) is 23.6 Å². The molecule has 0 bridgehead atoms. The number of aryl methyl sites for hydroxylation is 1. The zero-order valence-electron chi connectivity index (χ0n) is 14.7. The molecule has 0 spiro atoms. The molecule has 2 N–H and O–H groups in total. The van der Waals surface area contributed by atoms with Crippen molar-refractivity contribution < 1.29 is 19.4 Å². The molecule has 5 nitrogen and oxygen atoms in total. The summed E-state index contributed by atoms with van der Waals surface area (Å²) in [6.07, 6.45) is 0. The predicted molar refractivity (Wildman–Crippen MR) is 104 cm³/mol. The fourth-order valence-electron chi connectivity index (χ4n) is 2.65. The first-order valence-corrected chi connectivity index (χ1v) is 9.27. The fourth-order valence-corrected chi connectivity index (χ4v) is 3.45. The predicted octanol–water partition coefficient (Wildman–Crippen LogP) is 3.82. The van der Waals surface area contributed by atoms with E-state index in [4.69, 9.17) is 4.74 Å².